The van der Waals surface area contributed by atoms with Crippen molar-refractivity contribution in [3.63, 3.8) is 0 Å². The summed E-state index contributed by atoms with van der Waals surface area (Å²) in [7, 11) is 0. The van der Waals surface area contributed by atoms with Crippen molar-refractivity contribution in [1.29, 1.82) is 0 Å². The summed E-state index contributed by atoms with van der Waals surface area (Å²) in [5.74, 6) is 1.57. The Morgan fingerprint density at radius 2 is 1.86 bits per heavy atom. The van der Waals surface area contributed by atoms with Gasteiger partial charge in [0.15, 0.2) is 0 Å². The maximum Gasteiger partial charge on any atom is 0.122 e. The van der Waals surface area contributed by atoms with Crippen molar-refractivity contribution in [3.05, 3.63) is 29.8 Å². The van der Waals surface area contributed by atoms with E-state index in [4.69, 9.17) is 4.74 Å². The molecule has 2 N–H and O–H groups in total. The first-order valence-electron chi connectivity index (χ1n) is 8.10. The molecular weight excluding hydrogens is 298 g/mol. The summed E-state index contributed by atoms with van der Waals surface area (Å²) in [6.07, 6.45) is 4.66. The minimum absolute atomic E-state index is 0. The first-order chi connectivity index (χ1) is 9.96. The van der Waals surface area contributed by atoms with Crippen molar-refractivity contribution >= 4 is 12.4 Å². The molecule has 0 amide bonds. The van der Waals surface area contributed by atoms with E-state index in [1.54, 1.807) is 0 Å². The van der Waals surface area contributed by atoms with Gasteiger partial charge in [0.1, 0.15) is 18.5 Å². The molecule has 3 nitrogen and oxygen atoms in total. The molecule has 1 aromatic rings. The van der Waals surface area contributed by atoms with E-state index < -0.39 is 6.10 Å². The summed E-state index contributed by atoms with van der Waals surface area (Å²) >= 11 is 0. The first kappa shape index (κ1) is 19.3. The Labute approximate surface area is 140 Å². The van der Waals surface area contributed by atoms with Crippen LogP contribution in [0.4, 0.5) is 0 Å². The molecule has 1 aliphatic carbocycles. The number of benzene rings is 1. The highest BCUT2D eigenvalue weighted by molar-refractivity contribution is 5.85. The number of aliphatic hydroxyl groups is 1. The zero-order chi connectivity index (χ0) is 15.3. The van der Waals surface area contributed by atoms with Crippen molar-refractivity contribution in [1.82, 2.24) is 5.32 Å². The molecule has 0 aromatic heterocycles. The molecule has 1 atom stereocenters. The molecule has 4 heteroatoms. The lowest BCUT2D eigenvalue weighted by Gasteiger charge is -2.23. The normalized spacial score (nSPS) is 17.1. The zero-order valence-corrected chi connectivity index (χ0v) is 14.8. The van der Waals surface area contributed by atoms with Crippen molar-refractivity contribution in [2.75, 3.05) is 13.2 Å². The van der Waals surface area contributed by atoms with E-state index in [1.807, 2.05) is 12.1 Å². The maximum absolute atomic E-state index is 10.0. The summed E-state index contributed by atoms with van der Waals surface area (Å²) in [5, 5.41) is 13.3. The fourth-order valence-electron chi connectivity index (χ4n) is 2.85. The van der Waals surface area contributed by atoms with Crippen LogP contribution in [0.3, 0.4) is 0 Å². The van der Waals surface area contributed by atoms with Crippen LogP contribution in [0.15, 0.2) is 24.3 Å². The second kappa shape index (κ2) is 8.76. The number of nitrogens with one attached hydrogen (secondary N) is 1. The van der Waals surface area contributed by atoms with Gasteiger partial charge in [-0.15, -0.1) is 12.4 Å². The Hall–Kier alpha value is -0.770. The fourth-order valence-corrected chi connectivity index (χ4v) is 2.85. The largest absolute Gasteiger partial charge is 0.491 e. The van der Waals surface area contributed by atoms with Crippen LogP contribution in [0.1, 0.15) is 57.9 Å². The molecule has 2 rings (SSSR count). The first-order valence-corrected chi connectivity index (χ1v) is 8.10. The fraction of sp³-hybridized carbons (Fsp3) is 0.667. The lowest BCUT2D eigenvalue weighted by Crippen LogP contribution is -2.42. The lowest BCUT2D eigenvalue weighted by atomic mass is 9.97. The predicted octanol–water partition coefficient (Wildman–Crippen LogP) is 3.89. The van der Waals surface area contributed by atoms with Gasteiger partial charge in [0.05, 0.1) is 0 Å². The van der Waals surface area contributed by atoms with Gasteiger partial charge in [0.2, 0.25) is 0 Å². The van der Waals surface area contributed by atoms with Gasteiger partial charge in [-0.05, 0) is 51.2 Å². The third-order valence-corrected chi connectivity index (χ3v) is 4.01. The molecule has 126 valence electrons. The highest BCUT2D eigenvalue weighted by Crippen LogP contribution is 2.38. The number of aliphatic hydroxyl groups excluding tert-OH is 1. The van der Waals surface area contributed by atoms with E-state index in [0.29, 0.717) is 19.1 Å². The van der Waals surface area contributed by atoms with Crippen LogP contribution in [-0.2, 0) is 0 Å². The standard InChI is InChI=1S/C18H29NO2.ClH/c1-18(2,3)19-12-15(20)13-21-17-11-7-6-10-16(17)14-8-4-5-9-14;/h6-7,10-11,14-15,19-20H,4-5,8-9,12-13H2,1-3H3;1H. The topological polar surface area (TPSA) is 41.5 Å². The van der Waals surface area contributed by atoms with Crippen LogP contribution in [0.2, 0.25) is 0 Å². The monoisotopic (exact) mass is 327 g/mol. The lowest BCUT2D eigenvalue weighted by molar-refractivity contribution is 0.0993. The van der Waals surface area contributed by atoms with Crippen molar-refractivity contribution in [3.8, 4) is 5.75 Å². The average Bonchev–Trinajstić information content (AvgIpc) is 2.96. The summed E-state index contributed by atoms with van der Waals surface area (Å²) in [6.45, 7) is 7.17. The molecule has 1 saturated carbocycles. The van der Waals surface area contributed by atoms with Gasteiger partial charge in [-0.1, -0.05) is 31.0 Å². The van der Waals surface area contributed by atoms with Gasteiger partial charge in [-0.2, -0.15) is 0 Å². The van der Waals surface area contributed by atoms with Crippen LogP contribution >= 0.6 is 12.4 Å². The second-order valence-electron chi connectivity index (χ2n) is 7.11. The van der Waals surface area contributed by atoms with Crippen LogP contribution in [0.25, 0.3) is 0 Å². The number of ether oxygens (including phenoxy) is 1. The number of para-hydroxylation sites is 1. The third-order valence-electron chi connectivity index (χ3n) is 4.01. The van der Waals surface area contributed by atoms with E-state index in [1.165, 1.54) is 31.2 Å². The molecule has 1 unspecified atom stereocenters. The average molecular weight is 328 g/mol. The second-order valence-corrected chi connectivity index (χ2v) is 7.11. The number of rotatable bonds is 6. The Bertz CT molecular complexity index is 439. The van der Waals surface area contributed by atoms with Crippen LogP contribution in [0, 0.1) is 0 Å². The number of hydrogen-bond acceptors (Lipinski definition) is 3. The molecule has 0 heterocycles. The van der Waals surface area contributed by atoms with Crippen molar-refractivity contribution < 1.29 is 9.84 Å². The highest BCUT2D eigenvalue weighted by Gasteiger charge is 2.20. The number of β-amino-alcohol motifs (C(OH)–C–C–N with tert-alkyl or cyclic N) is 1. The van der Waals surface area contributed by atoms with Gasteiger partial charge >= 0.3 is 0 Å². The molecular formula is C18H30ClNO2. The summed E-state index contributed by atoms with van der Waals surface area (Å²) in [5.41, 5.74) is 1.33. The molecule has 0 bridgehead atoms. The van der Waals surface area contributed by atoms with Gasteiger partial charge in [0, 0.05) is 12.1 Å². The van der Waals surface area contributed by atoms with Crippen molar-refractivity contribution in [2.24, 2.45) is 0 Å². The van der Waals surface area contributed by atoms with Gasteiger partial charge in [-0.25, -0.2) is 0 Å². The Balaban J connectivity index is 0.00000242. The molecule has 1 aliphatic rings. The molecule has 0 spiro atoms. The molecule has 22 heavy (non-hydrogen) atoms. The summed E-state index contributed by atoms with van der Waals surface area (Å²) < 4.78 is 5.89. The van der Waals surface area contributed by atoms with Crippen LogP contribution < -0.4 is 10.1 Å². The number of hydrogen-bond donors (Lipinski definition) is 2. The molecule has 1 aromatic carbocycles. The Morgan fingerprint density at radius 3 is 2.50 bits per heavy atom. The molecule has 0 radical (unpaired) electrons. The third kappa shape index (κ3) is 6.15. The predicted molar refractivity (Wildman–Crippen MR) is 94.2 cm³/mol. The molecule has 1 fully saturated rings. The van der Waals surface area contributed by atoms with Crippen molar-refractivity contribution in [2.45, 2.75) is 64.0 Å². The van der Waals surface area contributed by atoms with E-state index in [2.05, 4.69) is 38.2 Å². The van der Waals surface area contributed by atoms with E-state index in [0.717, 1.165) is 5.75 Å². The Morgan fingerprint density at radius 1 is 1.23 bits per heavy atom. The quantitative estimate of drug-likeness (QED) is 0.832. The minimum atomic E-state index is -0.485. The Kier molecular flexibility index (Phi) is 7.67. The van der Waals surface area contributed by atoms with Gasteiger partial charge in [-0.3, -0.25) is 0 Å². The number of halogens is 1. The smallest absolute Gasteiger partial charge is 0.122 e. The van der Waals surface area contributed by atoms with Gasteiger partial charge in [0.25, 0.3) is 0 Å². The highest BCUT2D eigenvalue weighted by atomic mass is 35.5. The maximum atomic E-state index is 10.0. The van der Waals surface area contributed by atoms with Gasteiger partial charge < -0.3 is 15.2 Å². The SMILES string of the molecule is CC(C)(C)NCC(O)COc1ccccc1C1CCCC1.Cl. The molecule has 0 aliphatic heterocycles. The summed E-state index contributed by atoms with van der Waals surface area (Å²) in [4.78, 5) is 0. The minimum Gasteiger partial charge on any atom is -0.491 e. The molecule has 0 saturated heterocycles. The zero-order valence-electron chi connectivity index (χ0n) is 14.0. The van der Waals surface area contributed by atoms with E-state index in [9.17, 15) is 5.11 Å². The summed E-state index contributed by atoms with van der Waals surface area (Å²) in [6, 6.07) is 8.29. The van der Waals surface area contributed by atoms with E-state index in [-0.39, 0.29) is 17.9 Å². The van der Waals surface area contributed by atoms with Crippen LogP contribution in [-0.4, -0.2) is 29.9 Å². The van der Waals surface area contributed by atoms with Crippen LogP contribution in [0.5, 0.6) is 5.75 Å². The van der Waals surface area contributed by atoms with E-state index >= 15 is 0 Å².